The first-order valence-electron chi connectivity index (χ1n) is 6.77. The van der Waals surface area contributed by atoms with E-state index in [9.17, 15) is 0 Å². The van der Waals surface area contributed by atoms with Gasteiger partial charge in [0, 0.05) is 6.42 Å². The van der Waals surface area contributed by atoms with Gasteiger partial charge in [-0.25, -0.2) is 0 Å². The molecular formula is C16H21NO. The van der Waals surface area contributed by atoms with E-state index in [1.165, 1.54) is 17.6 Å². The first-order valence-corrected chi connectivity index (χ1v) is 6.77. The predicted molar refractivity (Wildman–Crippen MR) is 73.5 cm³/mol. The first kappa shape index (κ1) is 11.9. The summed E-state index contributed by atoms with van der Waals surface area (Å²) in [5.74, 6) is 0. The molecule has 0 saturated carbocycles. The molecule has 1 spiro atoms. The Bertz CT molecular complexity index is 442. The van der Waals surface area contributed by atoms with Gasteiger partial charge < -0.3 is 4.74 Å². The number of nitrogens with zero attached hydrogens (tertiary/aromatic N) is 1. The maximum absolute atomic E-state index is 6.19. The molecule has 3 rings (SSSR count). The lowest BCUT2D eigenvalue weighted by Crippen LogP contribution is -2.48. The van der Waals surface area contributed by atoms with Crippen LogP contribution in [-0.2, 0) is 4.74 Å². The summed E-state index contributed by atoms with van der Waals surface area (Å²) < 4.78 is 6.19. The summed E-state index contributed by atoms with van der Waals surface area (Å²) in [6.45, 7) is 6.00. The van der Waals surface area contributed by atoms with E-state index in [0.717, 1.165) is 26.0 Å². The maximum Gasteiger partial charge on any atom is 0.0920 e. The zero-order valence-electron chi connectivity index (χ0n) is 11.1. The van der Waals surface area contributed by atoms with Crippen molar-refractivity contribution in [2.45, 2.75) is 30.9 Å². The summed E-state index contributed by atoms with van der Waals surface area (Å²) >= 11 is 0. The molecule has 0 N–H and O–H groups in total. The lowest BCUT2D eigenvalue weighted by molar-refractivity contribution is -0.0901. The Morgan fingerprint density at radius 3 is 2.78 bits per heavy atom. The third kappa shape index (κ3) is 1.90. The number of rotatable bonds is 1. The minimum Gasteiger partial charge on any atom is -0.368 e. The van der Waals surface area contributed by atoms with E-state index in [1.807, 2.05) is 0 Å². The molecule has 2 aliphatic rings. The van der Waals surface area contributed by atoms with Gasteiger partial charge in [0.15, 0.2) is 0 Å². The summed E-state index contributed by atoms with van der Waals surface area (Å²) in [5, 5.41) is 0. The van der Waals surface area contributed by atoms with E-state index in [4.69, 9.17) is 4.74 Å². The minimum absolute atomic E-state index is 0.0363. The van der Waals surface area contributed by atoms with Crippen molar-refractivity contribution in [1.29, 1.82) is 0 Å². The second kappa shape index (κ2) is 4.52. The molecule has 96 valence electrons. The van der Waals surface area contributed by atoms with Gasteiger partial charge in [0.2, 0.25) is 0 Å². The predicted octanol–water partition coefficient (Wildman–Crippen LogP) is 3.17. The molecule has 0 amide bonds. The van der Waals surface area contributed by atoms with E-state index in [0.29, 0.717) is 6.04 Å². The van der Waals surface area contributed by atoms with Gasteiger partial charge in [-0.1, -0.05) is 36.9 Å². The van der Waals surface area contributed by atoms with Crippen LogP contribution < -0.4 is 0 Å². The molecule has 2 unspecified atom stereocenters. The van der Waals surface area contributed by atoms with Crippen LogP contribution in [0.1, 0.15) is 30.9 Å². The molecule has 0 bridgehead atoms. The SMILES string of the molecule is C=C1COC2(CCCN(C)C2c2ccccc2)C1. The Hall–Kier alpha value is -1.12. The number of hydrogen-bond acceptors (Lipinski definition) is 2. The Morgan fingerprint density at radius 2 is 2.11 bits per heavy atom. The van der Waals surface area contributed by atoms with Crippen LogP contribution in [-0.4, -0.2) is 30.7 Å². The highest BCUT2D eigenvalue weighted by molar-refractivity contribution is 5.26. The Morgan fingerprint density at radius 1 is 1.33 bits per heavy atom. The molecule has 1 aromatic rings. The van der Waals surface area contributed by atoms with Gasteiger partial charge in [-0.05, 0) is 37.6 Å². The lowest BCUT2D eigenvalue weighted by Gasteiger charge is -2.46. The molecule has 2 saturated heterocycles. The summed E-state index contributed by atoms with van der Waals surface area (Å²) in [7, 11) is 2.21. The van der Waals surface area contributed by atoms with Crippen LogP contribution >= 0.6 is 0 Å². The van der Waals surface area contributed by atoms with Crippen LogP contribution in [0.3, 0.4) is 0 Å². The summed E-state index contributed by atoms with van der Waals surface area (Å²) in [6, 6.07) is 11.1. The third-order valence-corrected chi connectivity index (χ3v) is 4.28. The normalized spacial score (nSPS) is 33.2. The molecule has 0 aliphatic carbocycles. The molecule has 2 fully saturated rings. The molecule has 18 heavy (non-hydrogen) atoms. The number of benzene rings is 1. The van der Waals surface area contributed by atoms with Gasteiger partial charge in [-0.3, -0.25) is 4.90 Å². The maximum atomic E-state index is 6.19. The molecule has 2 nitrogen and oxygen atoms in total. The van der Waals surface area contributed by atoms with Crippen molar-refractivity contribution < 1.29 is 4.74 Å². The second-order valence-corrected chi connectivity index (χ2v) is 5.68. The van der Waals surface area contributed by atoms with E-state index < -0.39 is 0 Å². The van der Waals surface area contributed by atoms with Gasteiger partial charge >= 0.3 is 0 Å². The highest BCUT2D eigenvalue weighted by Gasteiger charge is 2.48. The number of ether oxygens (including phenoxy) is 1. The van der Waals surface area contributed by atoms with Crippen molar-refractivity contribution in [2.75, 3.05) is 20.2 Å². The zero-order chi connectivity index (χ0) is 12.6. The van der Waals surface area contributed by atoms with Crippen molar-refractivity contribution >= 4 is 0 Å². The minimum atomic E-state index is -0.0363. The van der Waals surface area contributed by atoms with Gasteiger partial charge in [-0.2, -0.15) is 0 Å². The van der Waals surface area contributed by atoms with Crippen LogP contribution in [0.4, 0.5) is 0 Å². The molecule has 1 aromatic carbocycles. The standard InChI is InChI=1S/C16H21NO/c1-13-11-16(18-12-13)9-6-10-17(2)15(16)14-7-4-3-5-8-14/h3-5,7-8,15H,1,6,9-12H2,2H3. The van der Waals surface area contributed by atoms with Crippen molar-refractivity contribution in [2.24, 2.45) is 0 Å². The monoisotopic (exact) mass is 243 g/mol. The van der Waals surface area contributed by atoms with Gasteiger partial charge in [0.25, 0.3) is 0 Å². The molecule has 2 heterocycles. The van der Waals surface area contributed by atoms with E-state index in [-0.39, 0.29) is 5.60 Å². The number of likely N-dealkylation sites (N-methyl/N-ethyl adjacent to an activating group) is 1. The van der Waals surface area contributed by atoms with Crippen LogP contribution in [0.2, 0.25) is 0 Å². The molecule has 0 aromatic heterocycles. The molecule has 0 radical (unpaired) electrons. The smallest absolute Gasteiger partial charge is 0.0920 e. The Balaban J connectivity index is 1.99. The van der Waals surface area contributed by atoms with E-state index in [1.54, 1.807) is 0 Å². The van der Waals surface area contributed by atoms with E-state index in [2.05, 4.69) is 48.9 Å². The molecule has 2 atom stereocenters. The molecule has 2 heteroatoms. The lowest BCUT2D eigenvalue weighted by atomic mass is 9.78. The van der Waals surface area contributed by atoms with Crippen molar-refractivity contribution in [3.63, 3.8) is 0 Å². The second-order valence-electron chi connectivity index (χ2n) is 5.68. The average Bonchev–Trinajstić information content (AvgIpc) is 2.72. The fourth-order valence-electron chi connectivity index (χ4n) is 3.60. The summed E-state index contributed by atoms with van der Waals surface area (Å²) in [5.41, 5.74) is 2.58. The molecule has 2 aliphatic heterocycles. The number of piperidine rings is 1. The van der Waals surface area contributed by atoms with Crippen LogP contribution in [0.15, 0.2) is 42.5 Å². The Labute approximate surface area is 109 Å². The van der Waals surface area contributed by atoms with Crippen molar-refractivity contribution in [3.8, 4) is 0 Å². The van der Waals surface area contributed by atoms with Gasteiger partial charge in [0.05, 0.1) is 18.2 Å². The topological polar surface area (TPSA) is 12.5 Å². The summed E-state index contributed by atoms with van der Waals surface area (Å²) in [6.07, 6.45) is 3.37. The number of likely N-dealkylation sites (tertiary alicyclic amines) is 1. The zero-order valence-corrected chi connectivity index (χ0v) is 11.1. The van der Waals surface area contributed by atoms with E-state index >= 15 is 0 Å². The average molecular weight is 243 g/mol. The van der Waals surface area contributed by atoms with Crippen LogP contribution in [0.25, 0.3) is 0 Å². The largest absolute Gasteiger partial charge is 0.368 e. The fraction of sp³-hybridized carbons (Fsp3) is 0.500. The van der Waals surface area contributed by atoms with Crippen molar-refractivity contribution in [1.82, 2.24) is 4.90 Å². The Kier molecular flexibility index (Phi) is 3.00. The van der Waals surface area contributed by atoms with Crippen LogP contribution in [0, 0.1) is 0 Å². The first-order chi connectivity index (χ1) is 8.71. The highest BCUT2D eigenvalue weighted by Crippen LogP contribution is 2.47. The summed E-state index contributed by atoms with van der Waals surface area (Å²) in [4.78, 5) is 2.44. The van der Waals surface area contributed by atoms with Gasteiger partial charge in [0.1, 0.15) is 0 Å². The quantitative estimate of drug-likeness (QED) is 0.702. The van der Waals surface area contributed by atoms with Gasteiger partial charge in [-0.15, -0.1) is 0 Å². The fourth-order valence-corrected chi connectivity index (χ4v) is 3.60. The highest BCUT2D eigenvalue weighted by atomic mass is 16.5. The van der Waals surface area contributed by atoms with Crippen molar-refractivity contribution in [3.05, 3.63) is 48.0 Å². The number of hydrogen-bond donors (Lipinski definition) is 0. The third-order valence-electron chi connectivity index (χ3n) is 4.28. The van der Waals surface area contributed by atoms with Crippen LogP contribution in [0.5, 0.6) is 0 Å². The molecular weight excluding hydrogens is 222 g/mol.